The quantitative estimate of drug-likeness (QED) is 0.600. The second-order valence-corrected chi connectivity index (χ2v) is 3.35. The molecule has 0 atom stereocenters. The van der Waals surface area contributed by atoms with Gasteiger partial charge in [0, 0.05) is 39.4 Å². The van der Waals surface area contributed by atoms with Crippen LogP contribution in [0.4, 0.5) is 13.2 Å². The van der Waals surface area contributed by atoms with Gasteiger partial charge in [0.15, 0.2) is 11.7 Å². The van der Waals surface area contributed by atoms with Crippen LogP contribution in [-0.2, 0) is 19.8 Å². The van der Waals surface area contributed by atoms with Crippen LogP contribution in [0.1, 0.15) is 11.3 Å². The summed E-state index contributed by atoms with van der Waals surface area (Å²) in [5, 5.41) is 8.87. The van der Waals surface area contributed by atoms with Gasteiger partial charge in [-0.15, -0.1) is 0 Å². The van der Waals surface area contributed by atoms with E-state index in [0.717, 1.165) is 4.68 Å². The Morgan fingerprint density at radius 1 is 1.53 bits per heavy atom. The maximum atomic E-state index is 12.6. The molecule has 2 N–H and O–H groups in total. The van der Waals surface area contributed by atoms with E-state index in [1.807, 2.05) is 0 Å². The molecular formula is C9H14F3N5. The number of hydrogen-bond donors (Lipinski definition) is 2. The van der Waals surface area contributed by atoms with Gasteiger partial charge in [-0.05, 0) is 0 Å². The van der Waals surface area contributed by atoms with Crippen LogP contribution in [0.25, 0.3) is 0 Å². The van der Waals surface area contributed by atoms with Gasteiger partial charge in [-0.3, -0.25) is 9.67 Å². The molecule has 1 heterocycles. The van der Waals surface area contributed by atoms with Crippen LogP contribution >= 0.6 is 0 Å². The molecule has 0 bridgehead atoms. The maximum absolute atomic E-state index is 12.6. The Bertz CT molecular complexity index is 407. The van der Waals surface area contributed by atoms with Crippen molar-refractivity contribution in [3.05, 3.63) is 17.5 Å². The smallest absolute Gasteiger partial charge is 0.359 e. The summed E-state index contributed by atoms with van der Waals surface area (Å²) in [6.45, 7) is 0.0101. The number of nitrogens with zero attached hydrogens (tertiary/aromatic N) is 3. The minimum Gasteiger partial charge on any atom is -0.359 e. The van der Waals surface area contributed by atoms with Gasteiger partial charge in [0.25, 0.3) is 0 Å². The molecule has 0 aliphatic rings. The molecule has 0 amide bonds. The first-order valence-corrected chi connectivity index (χ1v) is 4.86. The fourth-order valence-electron chi connectivity index (χ4n) is 1.36. The summed E-state index contributed by atoms with van der Waals surface area (Å²) < 4.78 is 38.9. The molecule has 0 unspecified atom stereocenters. The third kappa shape index (κ3) is 3.36. The van der Waals surface area contributed by atoms with Crippen molar-refractivity contribution in [1.82, 2.24) is 20.4 Å². The third-order valence-corrected chi connectivity index (χ3v) is 2.08. The van der Waals surface area contributed by atoms with Crippen LogP contribution in [0.3, 0.4) is 0 Å². The highest BCUT2D eigenvalue weighted by Gasteiger charge is 2.36. The van der Waals surface area contributed by atoms with Crippen molar-refractivity contribution >= 4 is 5.96 Å². The van der Waals surface area contributed by atoms with Gasteiger partial charge in [-0.25, -0.2) is 0 Å². The summed E-state index contributed by atoms with van der Waals surface area (Å²) in [5.41, 5.74) is -0.796. The van der Waals surface area contributed by atoms with Crippen molar-refractivity contribution in [2.24, 2.45) is 12.0 Å². The number of aryl methyl sites for hydroxylation is 1. The van der Waals surface area contributed by atoms with Gasteiger partial charge < -0.3 is 10.6 Å². The predicted octanol–water partition coefficient (Wildman–Crippen LogP) is 0.734. The SMILES string of the molecule is CN=C(NC)NCc1cn(C)nc1C(F)(F)F. The van der Waals surface area contributed by atoms with E-state index >= 15 is 0 Å². The van der Waals surface area contributed by atoms with Gasteiger partial charge in [0.05, 0.1) is 0 Å². The molecule has 1 rings (SSSR count). The number of rotatable bonds is 2. The van der Waals surface area contributed by atoms with Crippen molar-refractivity contribution in [1.29, 1.82) is 0 Å². The number of nitrogens with one attached hydrogen (secondary N) is 2. The minimum atomic E-state index is -4.44. The van der Waals surface area contributed by atoms with Crippen LogP contribution in [0, 0.1) is 0 Å². The molecule has 8 heteroatoms. The lowest BCUT2D eigenvalue weighted by Gasteiger charge is -2.09. The molecule has 0 fully saturated rings. The van der Waals surface area contributed by atoms with Gasteiger partial charge in [-0.1, -0.05) is 0 Å². The summed E-state index contributed by atoms with van der Waals surface area (Å²) >= 11 is 0. The fourth-order valence-corrected chi connectivity index (χ4v) is 1.36. The van der Waals surface area contributed by atoms with Crippen molar-refractivity contribution in [2.75, 3.05) is 14.1 Å². The molecule has 1 aromatic rings. The number of guanidine groups is 1. The average Bonchev–Trinajstić information content (AvgIpc) is 2.61. The van der Waals surface area contributed by atoms with E-state index < -0.39 is 11.9 Å². The van der Waals surface area contributed by atoms with E-state index in [2.05, 4.69) is 20.7 Å². The summed E-state index contributed by atoms with van der Waals surface area (Å²) in [5.74, 6) is 0.418. The zero-order chi connectivity index (χ0) is 13.1. The third-order valence-electron chi connectivity index (χ3n) is 2.08. The molecular weight excluding hydrogens is 235 g/mol. The number of aliphatic imine (C=N–C) groups is 1. The Labute approximate surface area is 96.7 Å². The number of halogens is 3. The highest BCUT2D eigenvalue weighted by atomic mass is 19.4. The van der Waals surface area contributed by atoms with Crippen molar-refractivity contribution in [3.63, 3.8) is 0 Å². The van der Waals surface area contributed by atoms with Crippen LogP contribution in [0.5, 0.6) is 0 Å². The molecule has 96 valence electrons. The van der Waals surface area contributed by atoms with Crippen LogP contribution in [-0.4, -0.2) is 29.8 Å². The lowest BCUT2D eigenvalue weighted by atomic mass is 10.2. The summed E-state index contributed by atoms with van der Waals surface area (Å²) in [6, 6.07) is 0. The van der Waals surface area contributed by atoms with E-state index in [9.17, 15) is 13.2 Å². The van der Waals surface area contributed by atoms with E-state index in [1.54, 1.807) is 7.05 Å². The van der Waals surface area contributed by atoms with Crippen molar-refractivity contribution < 1.29 is 13.2 Å². The first kappa shape index (κ1) is 13.3. The topological polar surface area (TPSA) is 54.2 Å². The molecule has 1 aromatic heterocycles. The molecule has 5 nitrogen and oxygen atoms in total. The minimum absolute atomic E-state index is 0.0101. The second kappa shape index (κ2) is 5.07. The summed E-state index contributed by atoms with van der Waals surface area (Å²) in [7, 11) is 4.61. The Morgan fingerprint density at radius 3 is 2.65 bits per heavy atom. The molecule has 0 saturated carbocycles. The standard InChI is InChI=1S/C9H14F3N5/c1-13-8(14-2)15-4-6-5-17(3)16-7(6)9(10,11)12/h5H,4H2,1-3H3,(H2,13,14,15). The number of alkyl halides is 3. The zero-order valence-corrected chi connectivity index (χ0v) is 9.76. The first-order valence-electron chi connectivity index (χ1n) is 4.86. The van der Waals surface area contributed by atoms with Crippen LogP contribution < -0.4 is 10.6 Å². The van der Waals surface area contributed by atoms with E-state index in [4.69, 9.17) is 0 Å². The fraction of sp³-hybridized carbons (Fsp3) is 0.556. The molecule has 0 aliphatic carbocycles. The Balaban J connectivity index is 2.84. The van der Waals surface area contributed by atoms with Gasteiger partial charge in [0.1, 0.15) is 0 Å². The Morgan fingerprint density at radius 2 is 2.18 bits per heavy atom. The molecule has 0 saturated heterocycles. The molecule has 0 aliphatic heterocycles. The van der Waals surface area contributed by atoms with Crippen LogP contribution in [0.15, 0.2) is 11.2 Å². The normalized spacial score (nSPS) is 12.7. The highest BCUT2D eigenvalue weighted by molar-refractivity contribution is 5.79. The zero-order valence-electron chi connectivity index (χ0n) is 9.76. The Hall–Kier alpha value is -1.73. The van der Waals surface area contributed by atoms with Gasteiger partial charge >= 0.3 is 6.18 Å². The number of aromatic nitrogens is 2. The molecule has 0 radical (unpaired) electrons. The predicted molar refractivity (Wildman–Crippen MR) is 57.5 cm³/mol. The largest absolute Gasteiger partial charge is 0.435 e. The second-order valence-electron chi connectivity index (χ2n) is 3.35. The van der Waals surface area contributed by atoms with E-state index in [1.165, 1.54) is 20.3 Å². The monoisotopic (exact) mass is 249 g/mol. The first-order chi connectivity index (χ1) is 7.88. The van der Waals surface area contributed by atoms with Crippen molar-refractivity contribution in [2.45, 2.75) is 12.7 Å². The lowest BCUT2D eigenvalue weighted by molar-refractivity contribution is -0.142. The molecule has 17 heavy (non-hydrogen) atoms. The van der Waals surface area contributed by atoms with E-state index in [0.29, 0.717) is 5.96 Å². The van der Waals surface area contributed by atoms with Gasteiger partial charge in [0.2, 0.25) is 0 Å². The lowest BCUT2D eigenvalue weighted by Crippen LogP contribution is -2.34. The maximum Gasteiger partial charge on any atom is 0.435 e. The molecule has 0 aromatic carbocycles. The Kier molecular flexibility index (Phi) is 3.97. The number of hydrogen-bond acceptors (Lipinski definition) is 2. The average molecular weight is 249 g/mol. The summed E-state index contributed by atoms with van der Waals surface area (Å²) in [4.78, 5) is 3.81. The molecule has 0 spiro atoms. The van der Waals surface area contributed by atoms with Gasteiger partial charge in [-0.2, -0.15) is 18.3 Å². The van der Waals surface area contributed by atoms with E-state index in [-0.39, 0.29) is 12.1 Å². The summed E-state index contributed by atoms with van der Waals surface area (Å²) in [6.07, 6.45) is -3.11. The van der Waals surface area contributed by atoms with Crippen molar-refractivity contribution in [3.8, 4) is 0 Å². The highest BCUT2D eigenvalue weighted by Crippen LogP contribution is 2.30. The van der Waals surface area contributed by atoms with Crippen LogP contribution in [0.2, 0.25) is 0 Å².